The maximum absolute atomic E-state index is 12.6. The summed E-state index contributed by atoms with van der Waals surface area (Å²) < 4.78 is 0.439. The van der Waals surface area contributed by atoms with Gasteiger partial charge in [0, 0.05) is 19.8 Å². The Kier molecular flexibility index (Phi) is 5.54. The molecule has 0 N–H and O–H groups in total. The SMILES string of the molecule is Cc1ccc(/C=C2/SC(=S)N(/N=C/c3ccc(N(C)C)cc3)C2=O)cc1. The first-order chi connectivity index (χ1) is 12.4. The highest BCUT2D eigenvalue weighted by Gasteiger charge is 2.31. The molecule has 1 amide bonds. The van der Waals surface area contributed by atoms with E-state index in [2.05, 4.69) is 5.10 Å². The summed E-state index contributed by atoms with van der Waals surface area (Å²) in [5.41, 5.74) is 4.17. The number of rotatable bonds is 4. The standard InChI is InChI=1S/C20H19N3OS2/c1-14-4-6-15(7-5-14)12-18-19(24)23(20(25)26-18)21-13-16-8-10-17(11-9-16)22(2)3/h4-13H,1-3H3/b18-12+,21-13+. The summed E-state index contributed by atoms with van der Waals surface area (Å²) in [6.07, 6.45) is 3.50. The first-order valence-corrected chi connectivity index (χ1v) is 9.32. The molecule has 1 heterocycles. The quantitative estimate of drug-likeness (QED) is 0.449. The Hall–Kier alpha value is -2.44. The van der Waals surface area contributed by atoms with Gasteiger partial charge < -0.3 is 4.90 Å². The third-order valence-corrected chi connectivity index (χ3v) is 5.16. The Morgan fingerprint density at radius 2 is 1.65 bits per heavy atom. The average Bonchev–Trinajstić information content (AvgIpc) is 2.89. The van der Waals surface area contributed by atoms with Crippen LogP contribution in [0.25, 0.3) is 6.08 Å². The van der Waals surface area contributed by atoms with Gasteiger partial charge in [0.2, 0.25) is 0 Å². The van der Waals surface area contributed by atoms with Gasteiger partial charge in [-0.15, -0.1) is 0 Å². The van der Waals surface area contributed by atoms with Gasteiger partial charge in [0.25, 0.3) is 5.91 Å². The number of amides is 1. The van der Waals surface area contributed by atoms with Gasteiger partial charge in [0.05, 0.1) is 11.1 Å². The van der Waals surface area contributed by atoms with E-state index in [4.69, 9.17) is 12.2 Å². The lowest BCUT2D eigenvalue weighted by molar-refractivity contribution is -0.122. The number of benzene rings is 2. The highest BCUT2D eigenvalue weighted by atomic mass is 32.2. The predicted molar refractivity (Wildman–Crippen MR) is 115 cm³/mol. The summed E-state index contributed by atoms with van der Waals surface area (Å²) in [4.78, 5) is 15.2. The van der Waals surface area contributed by atoms with Crippen LogP contribution in [0.4, 0.5) is 5.69 Å². The van der Waals surface area contributed by atoms with Crippen LogP contribution in [-0.4, -0.2) is 35.5 Å². The van der Waals surface area contributed by atoms with Crippen LogP contribution in [0.1, 0.15) is 16.7 Å². The van der Waals surface area contributed by atoms with Crippen molar-refractivity contribution in [2.75, 3.05) is 19.0 Å². The van der Waals surface area contributed by atoms with Crippen molar-refractivity contribution in [3.05, 3.63) is 70.1 Å². The molecule has 4 nitrogen and oxygen atoms in total. The molecule has 0 unspecified atom stereocenters. The van der Waals surface area contributed by atoms with Crippen molar-refractivity contribution < 1.29 is 4.79 Å². The highest BCUT2D eigenvalue weighted by Crippen LogP contribution is 2.32. The fraction of sp³-hybridized carbons (Fsp3) is 0.150. The van der Waals surface area contributed by atoms with Gasteiger partial charge in [-0.2, -0.15) is 10.1 Å². The number of nitrogens with zero attached hydrogens (tertiary/aromatic N) is 3. The van der Waals surface area contributed by atoms with Gasteiger partial charge >= 0.3 is 0 Å². The van der Waals surface area contributed by atoms with Gasteiger partial charge in [-0.3, -0.25) is 4.79 Å². The number of thiocarbonyl (C=S) groups is 1. The summed E-state index contributed by atoms with van der Waals surface area (Å²) in [6, 6.07) is 15.9. The fourth-order valence-electron chi connectivity index (χ4n) is 2.36. The Balaban J connectivity index is 1.75. The zero-order chi connectivity index (χ0) is 18.7. The molecule has 1 aliphatic heterocycles. The lowest BCUT2D eigenvalue weighted by Gasteiger charge is -2.12. The van der Waals surface area contributed by atoms with Crippen LogP contribution in [-0.2, 0) is 4.79 Å². The number of carbonyl (C=O) groups is 1. The summed E-state index contributed by atoms with van der Waals surface area (Å²) in [5.74, 6) is -0.193. The minimum absolute atomic E-state index is 0.193. The fourth-order valence-corrected chi connectivity index (χ4v) is 3.53. The van der Waals surface area contributed by atoms with Crippen molar-refractivity contribution in [3.63, 3.8) is 0 Å². The lowest BCUT2D eigenvalue weighted by Crippen LogP contribution is -2.22. The van der Waals surface area contributed by atoms with E-state index in [1.54, 1.807) is 6.21 Å². The maximum atomic E-state index is 12.6. The number of hydrogen-bond donors (Lipinski definition) is 0. The Labute approximate surface area is 163 Å². The van der Waals surface area contributed by atoms with Crippen LogP contribution >= 0.6 is 24.0 Å². The van der Waals surface area contributed by atoms with E-state index >= 15 is 0 Å². The first-order valence-electron chi connectivity index (χ1n) is 8.10. The second kappa shape index (κ2) is 7.85. The first kappa shape index (κ1) is 18.4. The van der Waals surface area contributed by atoms with Crippen LogP contribution in [0.3, 0.4) is 0 Å². The van der Waals surface area contributed by atoms with Crippen molar-refractivity contribution in [1.29, 1.82) is 0 Å². The van der Waals surface area contributed by atoms with Gasteiger partial charge in [0.1, 0.15) is 0 Å². The van der Waals surface area contributed by atoms with Gasteiger partial charge in [0.15, 0.2) is 4.32 Å². The van der Waals surface area contributed by atoms with E-state index in [1.165, 1.54) is 22.3 Å². The van der Waals surface area contributed by atoms with Gasteiger partial charge in [-0.05, 0) is 48.5 Å². The molecule has 0 bridgehead atoms. The van der Waals surface area contributed by atoms with Crippen molar-refractivity contribution in [2.24, 2.45) is 5.10 Å². The number of hydrogen-bond acceptors (Lipinski definition) is 5. The molecule has 0 spiro atoms. The monoisotopic (exact) mass is 381 g/mol. The molecular formula is C20H19N3OS2. The Bertz CT molecular complexity index is 884. The third-order valence-electron chi connectivity index (χ3n) is 3.88. The van der Waals surface area contributed by atoms with E-state index in [-0.39, 0.29) is 5.91 Å². The lowest BCUT2D eigenvalue weighted by atomic mass is 10.1. The molecule has 0 saturated carbocycles. The largest absolute Gasteiger partial charge is 0.378 e. The van der Waals surface area contributed by atoms with Crippen molar-refractivity contribution >= 4 is 52.2 Å². The highest BCUT2D eigenvalue weighted by molar-refractivity contribution is 8.26. The van der Waals surface area contributed by atoms with Crippen LogP contribution in [0.15, 0.2) is 58.5 Å². The summed E-state index contributed by atoms with van der Waals surface area (Å²) in [6.45, 7) is 2.03. The Morgan fingerprint density at radius 3 is 2.27 bits per heavy atom. The van der Waals surface area contributed by atoms with Crippen molar-refractivity contribution in [2.45, 2.75) is 6.92 Å². The minimum atomic E-state index is -0.193. The molecule has 1 saturated heterocycles. The normalized spacial score (nSPS) is 16.1. The Morgan fingerprint density at radius 1 is 1.04 bits per heavy atom. The summed E-state index contributed by atoms with van der Waals surface area (Å²) in [7, 11) is 3.98. The number of aryl methyl sites for hydroxylation is 1. The van der Waals surface area contributed by atoms with Crippen LogP contribution < -0.4 is 4.90 Å². The number of hydrazone groups is 1. The van der Waals surface area contributed by atoms with Gasteiger partial charge in [-0.1, -0.05) is 53.7 Å². The minimum Gasteiger partial charge on any atom is -0.378 e. The molecule has 1 aliphatic rings. The molecule has 26 heavy (non-hydrogen) atoms. The topological polar surface area (TPSA) is 35.9 Å². The second-order valence-corrected chi connectivity index (χ2v) is 7.81. The zero-order valence-electron chi connectivity index (χ0n) is 14.8. The van der Waals surface area contributed by atoms with E-state index in [0.717, 1.165) is 16.8 Å². The van der Waals surface area contributed by atoms with Crippen molar-refractivity contribution in [3.8, 4) is 0 Å². The second-order valence-electron chi connectivity index (χ2n) is 6.13. The van der Waals surface area contributed by atoms with E-state index < -0.39 is 0 Å². The number of carbonyl (C=O) groups excluding carboxylic acids is 1. The zero-order valence-corrected chi connectivity index (χ0v) is 16.5. The molecule has 6 heteroatoms. The molecule has 2 aromatic carbocycles. The maximum Gasteiger partial charge on any atom is 0.286 e. The van der Waals surface area contributed by atoms with Crippen molar-refractivity contribution in [1.82, 2.24) is 5.01 Å². The molecule has 0 aromatic heterocycles. The molecular weight excluding hydrogens is 362 g/mol. The predicted octanol–water partition coefficient (Wildman–Crippen LogP) is 4.30. The van der Waals surface area contributed by atoms with E-state index in [0.29, 0.717) is 9.23 Å². The summed E-state index contributed by atoms with van der Waals surface area (Å²) >= 11 is 6.58. The van der Waals surface area contributed by atoms with Crippen LogP contribution in [0.5, 0.6) is 0 Å². The third kappa shape index (κ3) is 4.20. The number of anilines is 1. The molecule has 1 fully saturated rings. The molecule has 0 atom stereocenters. The molecule has 0 radical (unpaired) electrons. The van der Waals surface area contributed by atoms with Crippen LogP contribution in [0.2, 0.25) is 0 Å². The van der Waals surface area contributed by atoms with Gasteiger partial charge in [-0.25, -0.2) is 0 Å². The van der Waals surface area contributed by atoms with E-state index in [9.17, 15) is 4.79 Å². The van der Waals surface area contributed by atoms with Crippen LogP contribution in [0, 0.1) is 6.92 Å². The average molecular weight is 382 g/mol. The number of thioether (sulfide) groups is 1. The molecule has 3 rings (SSSR count). The molecule has 0 aliphatic carbocycles. The summed E-state index contributed by atoms with van der Waals surface area (Å²) in [5, 5.41) is 5.56. The van der Waals surface area contributed by atoms with E-state index in [1.807, 2.05) is 80.5 Å². The molecule has 2 aromatic rings. The molecule has 132 valence electrons. The smallest absolute Gasteiger partial charge is 0.286 e.